The molecule has 0 amide bonds. The van der Waals surface area contributed by atoms with E-state index in [9.17, 15) is 0 Å². The van der Waals surface area contributed by atoms with Crippen LogP contribution in [-0.2, 0) is 6.42 Å². The van der Waals surface area contributed by atoms with Crippen LogP contribution in [0.3, 0.4) is 0 Å². The molecule has 2 nitrogen and oxygen atoms in total. The van der Waals surface area contributed by atoms with Crippen LogP contribution in [0.25, 0.3) is 0 Å². The predicted molar refractivity (Wildman–Crippen MR) is 86.0 cm³/mol. The van der Waals surface area contributed by atoms with Gasteiger partial charge < -0.3 is 5.32 Å². The minimum Gasteiger partial charge on any atom is -0.313 e. The number of nitrogens with one attached hydrogen (secondary N) is 1. The van der Waals surface area contributed by atoms with Gasteiger partial charge in [0.25, 0.3) is 0 Å². The summed E-state index contributed by atoms with van der Waals surface area (Å²) in [7, 11) is 0. The van der Waals surface area contributed by atoms with Crippen LogP contribution in [-0.4, -0.2) is 39.1 Å². The molecule has 1 aromatic rings. The molecule has 0 bridgehead atoms. The third-order valence-corrected chi connectivity index (χ3v) is 7.72. The van der Waals surface area contributed by atoms with Crippen molar-refractivity contribution in [3.8, 4) is 0 Å². The van der Waals surface area contributed by atoms with Crippen LogP contribution >= 0.6 is 34.9 Å². The highest BCUT2D eigenvalue weighted by Gasteiger charge is 2.31. The molecule has 1 N–H and O–H groups in total. The van der Waals surface area contributed by atoms with Crippen molar-refractivity contribution in [1.82, 2.24) is 10.3 Å². The van der Waals surface area contributed by atoms with E-state index in [2.05, 4.69) is 60.0 Å². The highest BCUT2D eigenvalue weighted by atomic mass is 32.2. The minimum atomic E-state index is 0.564. The van der Waals surface area contributed by atoms with Crippen LogP contribution in [0, 0.1) is 0 Å². The molecule has 4 unspecified atom stereocenters. The highest BCUT2D eigenvalue weighted by molar-refractivity contribution is 8.07. The van der Waals surface area contributed by atoms with Crippen LogP contribution in [0.2, 0.25) is 0 Å². The first-order valence-corrected chi connectivity index (χ1v) is 9.46. The van der Waals surface area contributed by atoms with Crippen molar-refractivity contribution in [3.05, 3.63) is 16.6 Å². The molecule has 2 rings (SSSR count). The molecule has 102 valence electrons. The summed E-state index contributed by atoms with van der Waals surface area (Å²) in [6.45, 7) is 7.95. The van der Waals surface area contributed by atoms with Crippen LogP contribution in [0.4, 0.5) is 0 Å². The summed E-state index contributed by atoms with van der Waals surface area (Å²) in [6.07, 6.45) is 2.99. The first kappa shape index (κ1) is 14.7. The Morgan fingerprint density at radius 2 is 2.28 bits per heavy atom. The summed E-state index contributed by atoms with van der Waals surface area (Å²) in [5.41, 5.74) is 0. The van der Waals surface area contributed by atoms with Gasteiger partial charge in [-0.2, -0.15) is 23.5 Å². The van der Waals surface area contributed by atoms with E-state index in [1.165, 1.54) is 10.8 Å². The molecule has 1 saturated heterocycles. The topological polar surface area (TPSA) is 24.9 Å². The Morgan fingerprint density at radius 3 is 2.89 bits per heavy atom. The molecule has 1 aliphatic heterocycles. The average Bonchev–Trinajstić information content (AvgIpc) is 2.85. The maximum atomic E-state index is 4.43. The number of nitrogens with zero attached hydrogens (tertiary/aromatic N) is 1. The first-order valence-electron chi connectivity index (χ1n) is 6.59. The molecule has 18 heavy (non-hydrogen) atoms. The number of thiazole rings is 1. The standard InChI is InChI=1S/C13H22N2S3/c1-4-14-11(7-13-15-5-6-16-13)12-8-17-9(2)10(3)18-12/h5-6,9-12,14H,4,7-8H2,1-3H3. The molecule has 1 aromatic heterocycles. The monoisotopic (exact) mass is 302 g/mol. The molecule has 5 heteroatoms. The number of rotatable bonds is 5. The number of thioether (sulfide) groups is 2. The molecule has 0 spiro atoms. The second kappa shape index (κ2) is 7.17. The van der Waals surface area contributed by atoms with Crippen LogP contribution in [0.1, 0.15) is 25.8 Å². The maximum Gasteiger partial charge on any atom is 0.0940 e. The lowest BCUT2D eigenvalue weighted by Gasteiger charge is -2.36. The van der Waals surface area contributed by atoms with Crippen LogP contribution < -0.4 is 5.32 Å². The molecule has 0 radical (unpaired) electrons. The molecular formula is C13H22N2S3. The van der Waals surface area contributed by atoms with E-state index < -0.39 is 0 Å². The average molecular weight is 303 g/mol. The molecule has 2 heterocycles. The second-order valence-electron chi connectivity index (χ2n) is 4.71. The zero-order chi connectivity index (χ0) is 13.0. The smallest absolute Gasteiger partial charge is 0.0940 e. The summed E-state index contributed by atoms with van der Waals surface area (Å²) in [4.78, 5) is 4.43. The first-order chi connectivity index (χ1) is 8.70. The quantitative estimate of drug-likeness (QED) is 0.902. The predicted octanol–water partition coefficient (Wildman–Crippen LogP) is 3.29. The minimum absolute atomic E-state index is 0.564. The van der Waals surface area contributed by atoms with E-state index in [4.69, 9.17) is 0 Å². The van der Waals surface area contributed by atoms with Crippen molar-refractivity contribution < 1.29 is 0 Å². The summed E-state index contributed by atoms with van der Waals surface area (Å²) < 4.78 is 0. The summed E-state index contributed by atoms with van der Waals surface area (Å²) in [5, 5.41) is 9.25. The lowest BCUT2D eigenvalue weighted by atomic mass is 10.1. The van der Waals surface area contributed by atoms with Gasteiger partial charge >= 0.3 is 0 Å². The number of hydrogen-bond acceptors (Lipinski definition) is 5. The van der Waals surface area contributed by atoms with Crippen molar-refractivity contribution in [2.45, 2.75) is 49.0 Å². The van der Waals surface area contributed by atoms with Gasteiger partial charge in [0.2, 0.25) is 0 Å². The van der Waals surface area contributed by atoms with E-state index in [0.717, 1.165) is 23.5 Å². The maximum absolute atomic E-state index is 4.43. The van der Waals surface area contributed by atoms with Crippen molar-refractivity contribution in [2.75, 3.05) is 12.3 Å². The van der Waals surface area contributed by atoms with Gasteiger partial charge in [-0.3, -0.25) is 0 Å². The van der Waals surface area contributed by atoms with E-state index in [-0.39, 0.29) is 0 Å². The zero-order valence-electron chi connectivity index (χ0n) is 11.3. The fourth-order valence-electron chi connectivity index (χ4n) is 2.16. The zero-order valence-corrected chi connectivity index (χ0v) is 13.7. The van der Waals surface area contributed by atoms with Crippen molar-refractivity contribution >= 4 is 34.9 Å². The molecule has 0 aromatic carbocycles. The van der Waals surface area contributed by atoms with Crippen LogP contribution in [0.5, 0.6) is 0 Å². The fourth-order valence-corrected chi connectivity index (χ4v) is 5.96. The Kier molecular flexibility index (Phi) is 5.86. The third kappa shape index (κ3) is 3.89. The van der Waals surface area contributed by atoms with Gasteiger partial charge in [-0.05, 0) is 6.54 Å². The second-order valence-corrected chi connectivity index (χ2v) is 8.72. The van der Waals surface area contributed by atoms with Gasteiger partial charge in [0.1, 0.15) is 0 Å². The van der Waals surface area contributed by atoms with Gasteiger partial charge in [0.05, 0.1) is 5.01 Å². The summed E-state index contributed by atoms with van der Waals surface area (Å²) >= 11 is 6.06. The van der Waals surface area contributed by atoms with Gasteiger partial charge in [-0.15, -0.1) is 11.3 Å². The van der Waals surface area contributed by atoms with E-state index >= 15 is 0 Å². The van der Waals surface area contributed by atoms with E-state index in [1.807, 2.05) is 6.20 Å². The third-order valence-electron chi connectivity index (χ3n) is 3.37. The number of aromatic nitrogens is 1. The van der Waals surface area contributed by atoms with Crippen molar-refractivity contribution in [2.24, 2.45) is 0 Å². The van der Waals surface area contributed by atoms with Crippen LogP contribution in [0.15, 0.2) is 11.6 Å². The number of likely N-dealkylation sites (N-methyl/N-ethyl adjacent to an activating group) is 1. The molecule has 1 aliphatic rings. The van der Waals surface area contributed by atoms with Gasteiger partial charge in [-0.25, -0.2) is 4.98 Å². The summed E-state index contributed by atoms with van der Waals surface area (Å²) in [6, 6.07) is 0.564. The van der Waals surface area contributed by atoms with E-state index in [0.29, 0.717) is 11.3 Å². The number of hydrogen-bond donors (Lipinski definition) is 1. The molecule has 0 aliphatic carbocycles. The fraction of sp³-hybridized carbons (Fsp3) is 0.769. The lowest BCUT2D eigenvalue weighted by Crippen LogP contribution is -2.44. The molecule has 1 fully saturated rings. The SMILES string of the molecule is CCNC(Cc1nccs1)C1CSC(C)C(C)S1. The van der Waals surface area contributed by atoms with Crippen molar-refractivity contribution in [3.63, 3.8) is 0 Å². The molecule has 0 saturated carbocycles. The van der Waals surface area contributed by atoms with Gasteiger partial charge in [0.15, 0.2) is 0 Å². The summed E-state index contributed by atoms with van der Waals surface area (Å²) in [5.74, 6) is 1.26. The Morgan fingerprint density at radius 1 is 1.44 bits per heavy atom. The van der Waals surface area contributed by atoms with Crippen molar-refractivity contribution in [1.29, 1.82) is 0 Å². The highest BCUT2D eigenvalue weighted by Crippen LogP contribution is 2.37. The normalized spacial score (nSPS) is 30.3. The Bertz CT molecular complexity index is 342. The largest absolute Gasteiger partial charge is 0.313 e. The van der Waals surface area contributed by atoms with Gasteiger partial charge in [-0.1, -0.05) is 20.8 Å². The van der Waals surface area contributed by atoms with E-state index in [1.54, 1.807) is 11.3 Å². The Labute approximate surface area is 123 Å². The Balaban J connectivity index is 1.96. The Hall–Kier alpha value is 0.290. The lowest BCUT2D eigenvalue weighted by molar-refractivity contribution is 0.519. The molecular weight excluding hydrogens is 280 g/mol. The van der Waals surface area contributed by atoms with Gasteiger partial charge in [0, 0.05) is 45.5 Å². The molecule has 4 atom stereocenters.